The first kappa shape index (κ1) is 13.4. The summed E-state index contributed by atoms with van der Waals surface area (Å²) < 4.78 is 0. The smallest absolute Gasteiger partial charge is 0.308 e. The second-order valence-electron chi connectivity index (χ2n) is 4.77. The van der Waals surface area contributed by atoms with Crippen LogP contribution < -0.4 is 9.80 Å². The molecule has 19 heavy (non-hydrogen) atoms. The van der Waals surface area contributed by atoms with Crippen LogP contribution in [-0.2, 0) is 9.59 Å². The van der Waals surface area contributed by atoms with Crippen molar-refractivity contribution in [1.82, 2.24) is 0 Å². The number of carboxylic acids is 1. The van der Waals surface area contributed by atoms with E-state index in [1.165, 1.54) is 0 Å². The molecule has 1 aromatic rings. The molecule has 1 heterocycles. The molecule has 0 saturated carbocycles. The SMILES string of the molecule is CCN(C)c1ccc(N2C[C@H](C(=O)O)CC2=O)cc1. The van der Waals surface area contributed by atoms with E-state index in [2.05, 4.69) is 11.8 Å². The van der Waals surface area contributed by atoms with E-state index in [0.717, 1.165) is 17.9 Å². The van der Waals surface area contributed by atoms with Gasteiger partial charge in [0.25, 0.3) is 0 Å². The van der Waals surface area contributed by atoms with Crippen molar-refractivity contribution in [2.75, 3.05) is 29.9 Å². The molecule has 1 aliphatic rings. The van der Waals surface area contributed by atoms with Crippen LogP contribution in [0.5, 0.6) is 0 Å². The Bertz CT molecular complexity index is 484. The van der Waals surface area contributed by atoms with Crippen molar-refractivity contribution >= 4 is 23.3 Å². The molecule has 1 aliphatic heterocycles. The molecule has 1 fully saturated rings. The Labute approximate surface area is 112 Å². The Morgan fingerprint density at radius 1 is 1.42 bits per heavy atom. The third-order valence-corrected chi connectivity index (χ3v) is 3.55. The zero-order chi connectivity index (χ0) is 14.0. The van der Waals surface area contributed by atoms with Crippen LogP contribution in [0.1, 0.15) is 13.3 Å². The molecule has 1 saturated heterocycles. The Hall–Kier alpha value is -2.04. The van der Waals surface area contributed by atoms with Gasteiger partial charge < -0.3 is 14.9 Å². The number of aliphatic carboxylic acids is 1. The van der Waals surface area contributed by atoms with Crippen molar-refractivity contribution in [2.45, 2.75) is 13.3 Å². The van der Waals surface area contributed by atoms with Crippen molar-refractivity contribution < 1.29 is 14.7 Å². The molecule has 0 spiro atoms. The predicted octanol–water partition coefficient (Wildman–Crippen LogP) is 1.58. The van der Waals surface area contributed by atoms with Crippen molar-refractivity contribution in [1.29, 1.82) is 0 Å². The number of amides is 1. The molecule has 1 aromatic carbocycles. The topological polar surface area (TPSA) is 60.9 Å². The zero-order valence-electron chi connectivity index (χ0n) is 11.2. The summed E-state index contributed by atoms with van der Waals surface area (Å²) in [6.45, 7) is 3.23. The summed E-state index contributed by atoms with van der Waals surface area (Å²) in [5.41, 5.74) is 1.84. The molecule has 0 aliphatic carbocycles. The fourth-order valence-electron chi connectivity index (χ4n) is 2.19. The molecule has 0 unspecified atom stereocenters. The van der Waals surface area contributed by atoms with Crippen LogP contribution in [0.4, 0.5) is 11.4 Å². The Balaban J connectivity index is 2.14. The van der Waals surface area contributed by atoms with Gasteiger partial charge in [-0.05, 0) is 31.2 Å². The van der Waals surface area contributed by atoms with Crippen LogP contribution in [-0.4, -0.2) is 37.1 Å². The molecule has 0 bridgehead atoms. The predicted molar refractivity (Wildman–Crippen MR) is 73.5 cm³/mol. The highest BCUT2D eigenvalue weighted by Crippen LogP contribution is 2.27. The van der Waals surface area contributed by atoms with Crippen LogP contribution >= 0.6 is 0 Å². The van der Waals surface area contributed by atoms with Crippen LogP contribution in [0.15, 0.2) is 24.3 Å². The fraction of sp³-hybridized carbons (Fsp3) is 0.429. The number of rotatable bonds is 4. The van der Waals surface area contributed by atoms with E-state index in [1.807, 2.05) is 31.3 Å². The highest BCUT2D eigenvalue weighted by atomic mass is 16.4. The average Bonchev–Trinajstić information content (AvgIpc) is 2.80. The summed E-state index contributed by atoms with van der Waals surface area (Å²) in [5.74, 6) is -1.62. The Morgan fingerprint density at radius 2 is 2.05 bits per heavy atom. The molecule has 5 nitrogen and oxygen atoms in total. The first-order chi connectivity index (χ1) is 9.02. The minimum Gasteiger partial charge on any atom is -0.481 e. The molecule has 1 atom stereocenters. The average molecular weight is 262 g/mol. The third kappa shape index (κ3) is 2.70. The van der Waals surface area contributed by atoms with Gasteiger partial charge >= 0.3 is 5.97 Å². The summed E-state index contributed by atoms with van der Waals surface area (Å²) in [5, 5.41) is 8.96. The lowest BCUT2D eigenvalue weighted by molar-refractivity contribution is -0.141. The second-order valence-corrected chi connectivity index (χ2v) is 4.77. The molecule has 1 N–H and O–H groups in total. The number of anilines is 2. The Morgan fingerprint density at radius 3 is 2.53 bits per heavy atom. The van der Waals surface area contributed by atoms with Gasteiger partial charge in [0.05, 0.1) is 5.92 Å². The van der Waals surface area contributed by atoms with Gasteiger partial charge in [-0.15, -0.1) is 0 Å². The molecule has 102 valence electrons. The molecule has 5 heteroatoms. The molecule has 1 amide bonds. The number of benzene rings is 1. The van der Waals surface area contributed by atoms with E-state index in [4.69, 9.17) is 5.11 Å². The monoisotopic (exact) mass is 262 g/mol. The number of hydrogen-bond donors (Lipinski definition) is 1. The van der Waals surface area contributed by atoms with Gasteiger partial charge in [-0.1, -0.05) is 0 Å². The second kappa shape index (κ2) is 5.30. The van der Waals surface area contributed by atoms with E-state index in [1.54, 1.807) is 4.90 Å². The maximum absolute atomic E-state index is 11.8. The number of carbonyl (C=O) groups excluding carboxylic acids is 1. The lowest BCUT2D eigenvalue weighted by Gasteiger charge is -2.20. The maximum atomic E-state index is 11.8. The molecule has 0 radical (unpaired) electrons. The third-order valence-electron chi connectivity index (χ3n) is 3.55. The number of hydrogen-bond acceptors (Lipinski definition) is 3. The van der Waals surface area contributed by atoms with Gasteiger partial charge in [0.15, 0.2) is 0 Å². The van der Waals surface area contributed by atoms with E-state index in [-0.39, 0.29) is 18.9 Å². The quantitative estimate of drug-likeness (QED) is 0.895. The van der Waals surface area contributed by atoms with Crippen LogP contribution in [0, 0.1) is 5.92 Å². The van der Waals surface area contributed by atoms with Crippen LogP contribution in [0.3, 0.4) is 0 Å². The van der Waals surface area contributed by atoms with Gasteiger partial charge in [-0.25, -0.2) is 0 Å². The highest BCUT2D eigenvalue weighted by Gasteiger charge is 2.34. The van der Waals surface area contributed by atoms with Crippen LogP contribution in [0.2, 0.25) is 0 Å². The zero-order valence-corrected chi connectivity index (χ0v) is 11.2. The van der Waals surface area contributed by atoms with Gasteiger partial charge in [0, 0.05) is 37.9 Å². The highest BCUT2D eigenvalue weighted by molar-refractivity contribution is 5.99. The molecule has 2 rings (SSSR count). The Kier molecular flexibility index (Phi) is 3.74. The maximum Gasteiger partial charge on any atom is 0.308 e. The molecular weight excluding hydrogens is 244 g/mol. The van der Waals surface area contributed by atoms with Gasteiger partial charge in [-0.2, -0.15) is 0 Å². The lowest BCUT2D eigenvalue weighted by Crippen LogP contribution is -2.25. The molecular formula is C14H18N2O3. The summed E-state index contributed by atoms with van der Waals surface area (Å²) in [6, 6.07) is 7.62. The van der Waals surface area contributed by atoms with Gasteiger partial charge in [0.1, 0.15) is 0 Å². The van der Waals surface area contributed by atoms with Crippen molar-refractivity contribution in [3.05, 3.63) is 24.3 Å². The number of nitrogens with zero attached hydrogens (tertiary/aromatic N) is 2. The fourth-order valence-corrected chi connectivity index (χ4v) is 2.19. The van der Waals surface area contributed by atoms with Crippen molar-refractivity contribution in [3.8, 4) is 0 Å². The van der Waals surface area contributed by atoms with E-state index >= 15 is 0 Å². The van der Waals surface area contributed by atoms with E-state index in [9.17, 15) is 9.59 Å². The van der Waals surface area contributed by atoms with Crippen LogP contribution in [0.25, 0.3) is 0 Å². The van der Waals surface area contributed by atoms with Gasteiger partial charge in [0.2, 0.25) is 5.91 Å². The first-order valence-corrected chi connectivity index (χ1v) is 6.37. The summed E-state index contributed by atoms with van der Waals surface area (Å²) >= 11 is 0. The first-order valence-electron chi connectivity index (χ1n) is 6.37. The van der Waals surface area contributed by atoms with Gasteiger partial charge in [-0.3, -0.25) is 9.59 Å². The number of carboxylic acid groups (broad SMARTS) is 1. The van der Waals surface area contributed by atoms with E-state index < -0.39 is 11.9 Å². The minimum absolute atomic E-state index is 0.0892. The summed E-state index contributed by atoms with van der Waals surface area (Å²) in [6.07, 6.45) is 0.0892. The van der Waals surface area contributed by atoms with Crippen molar-refractivity contribution in [2.24, 2.45) is 5.92 Å². The van der Waals surface area contributed by atoms with E-state index in [0.29, 0.717) is 0 Å². The lowest BCUT2D eigenvalue weighted by atomic mass is 10.1. The van der Waals surface area contributed by atoms with Crippen molar-refractivity contribution in [3.63, 3.8) is 0 Å². The largest absolute Gasteiger partial charge is 0.481 e. The summed E-state index contributed by atoms with van der Waals surface area (Å²) in [7, 11) is 2.00. The summed E-state index contributed by atoms with van der Waals surface area (Å²) in [4.78, 5) is 26.4. The normalized spacial score (nSPS) is 18.7. The standard InChI is InChI=1S/C14H18N2O3/c1-3-15(2)11-4-6-12(7-5-11)16-9-10(14(18)19)8-13(16)17/h4-7,10H,3,8-9H2,1-2H3,(H,18,19)/t10-/m1/s1. The number of carbonyl (C=O) groups is 2. The molecule has 0 aromatic heterocycles. The minimum atomic E-state index is -0.904.